The number of nitrogens with zero attached hydrogens (tertiary/aromatic N) is 10. The van der Waals surface area contributed by atoms with Gasteiger partial charge in [0.2, 0.25) is 0 Å². The second-order valence-corrected chi connectivity index (χ2v) is 28.2. The largest absolute Gasteiger partial charge is 0.494 e. The summed E-state index contributed by atoms with van der Waals surface area (Å²) in [5.41, 5.74) is 18.0. The molecule has 118 heavy (non-hydrogen) atoms. The van der Waals surface area contributed by atoms with Crippen LogP contribution in [0.25, 0.3) is 21.5 Å². The van der Waals surface area contributed by atoms with Gasteiger partial charge in [0.15, 0.2) is 0 Å². The summed E-state index contributed by atoms with van der Waals surface area (Å²) in [4.78, 5) is 47.9. The number of rotatable bonds is 37. The van der Waals surface area contributed by atoms with Crippen LogP contribution in [0.4, 0.5) is 62.6 Å². The molecule has 0 saturated carbocycles. The average Bonchev–Trinajstić information content (AvgIpc) is 0.798. The Kier molecular flexibility index (Phi) is 31.6. The van der Waals surface area contributed by atoms with E-state index >= 15 is 0 Å². The van der Waals surface area contributed by atoms with E-state index in [-0.39, 0.29) is 5.97 Å². The quantitative estimate of drug-likeness (QED) is 0.0122. The monoisotopic (exact) mass is 1570 g/mol. The van der Waals surface area contributed by atoms with Crippen LogP contribution in [0.3, 0.4) is 0 Å². The van der Waals surface area contributed by atoms with Gasteiger partial charge in [0.05, 0.1) is 82.1 Å². The van der Waals surface area contributed by atoms with Crippen molar-refractivity contribution in [1.29, 1.82) is 0 Å². The number of carbonyl (C=O) groups excluding carboxylic acids is 4. The van der Waals surface area contributed by atoms with Crippen molar-refractivity contribution in [3.63, 3.8) is 0 Å². The van der Waals surface area contributed by atoms with Gasteiger partial charge in [-0.25, -0.2) is 19.2 Å². The molecule has 0 atom stereocenters. The number of esters is 4. The third-order valence-corrected chi connectivity index (χ3v) is 19.3. The van der Waals surface area contributed by atoms with Crippen molar-refractivity contribution in [1.82, 2.24) is 0 Å². The molecule has 12 rings (SSSR count). The second-order valence-electron chi connectivity index (χ2n) is 28.2. The summed E-state index contributed by atoms with van der Waals surface area (Å²) in [7, 11) is 1.64. The van der Waals surface area contributed by atoms with E-state index in [9.17, 15) is 19.2 Å². The lowest BCUT2D eigenvalue weighted by Crippen LogP contribution is -2.08. The first-order chi connectivity index (χ1) is 57.5. The number of ether oxygens (including phenoxy) is 5. The summed E-state index contributed by atoms with van der Waals surface area (Å²) in [5, 5.41) is 55.3. The summed E-state index contributed by atoms with van der Waals surface area (Å²) < 4.78 is 27.1. The lowest BCUT2D eigenvalue weighted by atomic mass is 10.0. The maximum absolute atomic E-state index is 12.9. The van der Waals surface area contributed by atoms with Crippen LogP contribution in [0.2, 0.25) is 0 Å². The molecule has 0 heterocycles. The Morgan fingerprint density at radius 2 is 0.686 bits per heavy atom. The van der Waals surface area contributed by atoms with Gasteiger partial charge in [-0.15, -0.1) is 10.2 Å². The van der Waals surface area contributed by atoms with E-state index in [1.807, 2.05) is 229 Å². The van der Waals surface area contributed by atoms with Crippen LogP contribution in [-0.2, 0) is 38.6 Å². The molecule has 21 nitrogen and oxygen atoms in total. The smallest absolute Gasteiger partial charge is 0.343 e. The molecule has 12 aromatic rings. The number of hydrogen-bond acceptors (Lipinski definition) is 21. The predicted octanol–water partition coefficient (Wildman–Crippen LogP) is 27.2. The predicted molar refractivity (Wildman–Crippen MR) is 468 cm³/mol. The van der Waals surface area contributed by atoms with Gasteiger partial charge in [0.1, 0.15) is 17.2 Å². The molecule has 0 spiro atoms. The summed E-state index contributed by atoms with van der Waals surface area (Å²) in [6.07, 6.45) is 12.0. The zero-order valence-electron chi connectivity index (χ0n) is 67.4. The van der Waals surface area contributed by atoms with E-state index in [0.29, 0.717) is 61.3 Å². The number of nitrogens with one attached hydrogen (secondary N) is 2. The van der Waals surface area contributed by atoms with Crippen molar-refractivity contribution in [2.75, 3.05) is 37.5 Å². The molecule has 0 radical (unpaired) electrons. The number of unbranched alkanes of at least 4 members (excludes halogenated alkanes) is 7. The van der Waals surface area contributed by atoms with Crippen LogP contribution >= 0.6 is 0 Å². The van der Waals surface area contributed by atoms with E-state index < -0.39 is 17.9 Å². The Morgan fingerprint density at radius 1 is 0.339 bits per heavy atom. The van der Waals surface area contributed by atoms with Crippen molar-refractivity contribution < 1.29 is 42.9 Å². The van der Waals surface area contributed by atoms with Crippen LogP contribution in [0.1, 0.15) is 123 Å². The summed E-state index contributed by atoms with van der Waals surface area (Å²) in [5.74, 6) is 0.0302. The first-order valence-electron chi connectivity index (χ1n) is 39.4. The van der Waals surface area contributed by atoms with Gasteiger partial charge in [0.25, 0.3) is 0 Å². The molecule has 21 heteroatoms. The molecule has 0 fully saturated rings. The van der Waals surface area contributed by atoms with E-state index in [1.54, 1.807) is 43.4 Å². The first kappa shape index (κ1) is 84.8. The molecule has 598 valence electrons. The number of carbonyl (C=O) groups is 4. The van der Waals surface area contributed by atoms with Gasteiger partial charge < -0.3 is 34.3 Å². The highest BCUT2D eigenvalue weighted by Gasteiger charge is 2.15. The number of fused-ring (bicyclic) bond motifs is 2. The summed E-state index contributed by atoms with van der Waals surface area (Å²) >= 11 is 0. The fourth-order valence-corrected chi connectivity index (χ4v) is 12.5. The maximum atomic E-state index is 12.9. The number of azo groups is 5. The SMILES string of the molecule is C=CC(=O)OCCCCCCCc1ccc(C(=O)Oc2ccc(CNc3ccc(N=Nc4cc(C)c(N=Nc5ccc(N=NC)cc5)cc4C)c4ccccc34)cc2)cc1.C=CC(=O)OCCCCCCOc1ccc(C(=O)Oc2ccc(CNc3ccc(N=Nc4cc(C)c(N=Nc5ccc(C)cc5)cc4C)c4ccccc34)cc2)cc1. The Bertz CT molecular complexity index is 5590. The van der Waals surface area contributed by atoms with Crippen molar-refractivity contribution in [2.45, 2.75) is 112 Å². The Hall–Kier alpha value is -14.1. The first-order valence-corrected chi connectivity index (χ1v) is 39.4. The van der Waals surface area contributed by atoms with Crippen LogP contribution < -0.4 is 24.8 Å². The van der Waals surface area contributed by atoms with Crippen molar-refractivity contribution in [3.05, 3.63) is 324 Å². The molecule has 0 aliphatic carbocycles. The molecule has 0 bridgehead atoms. The summed E-state index contributed by atoms with van der Waals surface area (Å²) in [6, 6.07) is 77.0. The van der Waals surface area contributed by atoms with Gasteiger partial charge in [-0.1, -0.05) is 135 Å². The third-order valence-electron chi connectivity index (χ3n) is 19.3. The minimum atomic E-state index is -0.444. The Balaban J connectivity index is 0.000000232. The number of hydrogen-bond donors (Lipinski definition) is 2. The number of aryl methyl sites for hydroxylation is 6. The fraction of sp³-hybridized carbons (Fsp3) is 0.216. The van der Waals surface area contributed by atoms with Crippen LogP contribution in [0.15, 0.2) is 319 Å². The molecule has 2 N–H and O–H groups in total. The maximum Gasteiger partial charge on any atom is 0.343 e. The lowest BCUT2D eigenvalue weighted by molar-refractivity contribution is -0.138. The van der Waals surface area contributed by atoms with Crippen molar-refractivity contribution >= 4 is 108 Å². The normalized spacial score (nSPS) is 11.3. The third kappa shape index (κ3) is 25.7. The minimum absolute atomic E-state index is 0.370. The zero-order chi connectivity index (χ0) is 82.8. The highest BCUT2D eigenvalue weighted by atomic mass is 16.5. The van der Waals surface area contributed by atoms with Crippen LogP contribution in [0.5, 0.6) is 17.2 Å². The second kappa shape index (κ2) is 44.0. The molecule has 0 saturated heterocycles. The van der Waals surface area contributed by atoms with Crippen molar-refractivity contribution in [2.24, 2.45) is 51.1 Å². The highest BCUT2D eigenvalue weighted by molar-refractivity contribution is 6.02. The van der Waals surface area contributed by atoms with E-state index in [4.69, 9.17) is 23.7 Å². The molecule has 0 aliphatic rings. The molecular weight excluding hydrogens is 1480 g/mol. The average molecular weight is 1570 g/mol. The molecule has 0 amide bonds. The molecule has 0 aromatic heterocycles. The molecule has 0 aliphatic heterocycles. The van der Waals surface area contributed by atoms with Gasteiger partial charge >= 0.3 is 23.9 Å². The Labute approximate surface area is 688 Å². The standard InChI is InChI=1S/C49H49N7O4.C48H47N5O5/c1-5-48(57)59-30-12-8-6-7-9-13-36-16-20-38(21-17-36)49(58)60-41-26-18-37(19-27-41)33-51-44-28-29-45(43-15-11-10-14-42(43)44)54-56-47-32-34(2)46(31-35(47)3)55-53-40-24-22-39(23-25-40)52-50-4;1-5-47(54)57-29-11-7-6-10-28-56-39-24-18-37(19-25-39)48(55)58-40-22-16-36(17-23-40)32-49-43-26-27-44(42-13-9-8-12-41(42)43)51-53-46-31-34(3)45(30-35(46)4)52-50-38-20-14-33(2)15-21-38/h5,10-11,14-29,31-32,51H,1,6-9,12-13,30,33H2,2-4H3;5,8-9,12-27,30-31,49H,1,6-7,10-11,28-29,32H2,2-4H3. The van der Waals surface area contributed by atoms with E-state index in [2.05, 4.69) is 87.1 Å². The van der Waals surface area contributed by atoms with Crippen LogP contribution in [-0.4, -0.2) is 50.7 Å². The van der Waals surface area contributed by atoms with E-state index in [0.717, 1.165) is 182 Å². The fourth-order valence-electron chi connectivity index (χ4n) is 12.5. The number of anilines is 2. The van der Waals surface area contributed by atoms with Gasteiger partial charge in [-0.2, -0.15) is 40.9 Å². The highest BCUT2D eigenvalue weighted by Crippen LogP contribution is 2.39. The summed E-state index contributed by atoms with van der Waals surface area (Å²) in [6.45, 7) is 19.3. The number of benzene rings is 12. The minimum Gasteiger partial charge on any atom is -0.494 e. The Morgan fingerprint density at radius 3 is 1.11 bits per heavy atom. The van der Waals surface area contributed by atoms with Gasteiger partial charge in [-0.05, 0) is 264 Å². The lowest BCUT2D eigenvalue weighted by Gasteiger charge is -2.12. The van der Waals surface area contributed by atoms with Gasteiger partial charge in [-0.3, -0.25) is 0 Å². The zero-order valence-corrected chi connectivity index (χ0v) is 67.4. The molecule has 12 aromatic carbocycles. The van der Waals surface area contributed by atoms with E-state index in [1.165, 1.54) is 23.3 Å². The van der Waals surface area contributed by atoms with Crippen molar-refractivity contribution in [3.8, 4) is 17.2 Å². The topological polar surface area (TPSA) is 262 Å². The molecular formula is C97H96N12O9. The molecule has 0 unspecified atom stereocenters. The van der Waals surface area contributed by atoms with Crippen LogP contribution in [0, 0.1) is 34.6 Å². The van der Waals surface area contributed by atoms with Gasteiger partial charge in [0, 0.05) is 65.2 Å².